The summed E-state index contributed by atoms with van der Waals surface area (Å²) in [5.41, 5.74) is -0.765. The minimum Gasteiger partial charge on any atom is -0.496 e. The van der Waals surface area contributed by atoms with Crippen LogP contribution in [0, 0.1) is 15.9 Å². The van der Waals surface area contributed by atoms with E-state index in [0.717, 1.165) is 28.6 Å². The van der Waals surface area contributed by atoms with Gasteiger partial charge in [0.25, 0.3) is 0 Å². The first kappa shape index (κ1) is 20.7. The van der Waals surface area contributed by atoms with E-state index in [0.29, 0.717) is 12.8 Å². The second-order valence-electron chi connectivity index (χ2n) is 6.24. The third-order valence-corrected chi connectivity index (χ3v) is 6.33. The molecule has 0 radical (unpaired) electrons. The predicted molar refractivity (Wildman–Crippen MR) is 99.0 cm³/mol. The quantitative estimate of drug-likeness (QED) is 0.303. The van der Waals surface area contributed by atoms with Gasteiger partial charge in [-0.3, -0.25) is 10.1 Å². The highest BCUT2D eigenvalue weighted by Gasteiger charge is 2.31. The van der Waals surface area contributed by atoms with E-state index in [4.69, 9.17) is 9.47 Å². The molecule has 0 bridgehead atoms. The van der Waals surface area contributed by atoms with Gasteiger partial charge in [0.2, 0.25) is 15.8 Å². The van der Waals surface area contributed by atoms with Gasteiger partial charge in [0, 0.05) is 13.1 Å². The largest absolute Gasteiger partial charge is 0.496 e. The molecule has 154 valence electrons. The number of hydrogen-bond acceptors (Lipinski definition) is 7. The van der Waals surface area contributed by atoms with Crippen molar-refractivity contribution in [3.8, 4) is 11.5 Å². The predicted octanol–water partition coefficient (Wildman–Crippen LogP) is 2.75. The standard InChI is InChI=1S/C18H17FN2O7S/c1-27-13-5-7-16(15(11-13)21(23)24)28-18(22)12-4-6-14(19)17(10-12)29(25,26)20-8-2-3-9-20/h4-7,10-11H,2-3,8-9H2,1H3. The molecular formula is C18H17FN2O7S. The summed E-state index contributed by atoms with van der Waals surface area (Å²) >= 11 is 0. The Morgan fingerprint density at radius 1 is 1.17 bits per heavy atom. The fraction of sp³-hybridized carbons (Fsp3) is 0.278. The van der Waals surface area contributed by atoms with Crippen LogP contribution in [-0.2, 0) is 10.0 Å². The SMILES string of the molecule is COc1ccc(OC(=O)c2ccc(F)c(S(=O)(=O)N3CCCC3)c2)c([N+](=O)[O-])c1. The molecule has 9 nitrogen and oxygen atoms in total. The molecule has 3 rings (SSSR count). The lowest BCUT2D eigenvalue weighted by atomic mass is 10.2. The van der Waals surface area contributed by atoms with Crippen LogP contribution in [0.1, 0.15) is 23.2 Å². The molecule has 1 aliphatic heterocycles. The molecule has 1 aliphatic rings. The van der Waals surface area contributed by atoms with E-state index in [1.807, 2.05) is 0 Å². The number of benzene rings is 2. The average molecular weight is 424 g/mol. The van der Waals surface area contributed by atoms with E-state index in [2.05, 4.69) is 0 Å². The van der Waals surface area contributed by atoms with Crippen molar-refractivity contribution in [3.05, 3.63) is 57.9 Å². The number of nitro groups is 1. The summed E-state index contributed by atoms with van der Waals surface area (Å²) in [5.74, 6) is -2.22. The summed E-state index contributed by atoms with van der Waals surface area (Å²) < 4.78 is 50.6. The molecule has 0 aromatic heterocycles. The second-order valence-corrected chi connectivity index (χ2v) is 8.14. The maximum Gasteiger partial charge on any atom is 0.343 e. The number of nitro benzene ring substituents is 1. The topological polar surface area (TPSA) is 116 Å². The van der Waals surface area contributed by atoms with Gasteiger partial charge in [-0.15, -0.1) is 0 Å². The number of esters is 1. The Kier molecular flexibility index (Phi) is 5.80. The van der Waals surface area contributed by atoms with Crippen LogP contribution in [0.4, 0.5) is 10.1 Å². The number of carbonyl (C=O) groups is 1. The lowest BCUT2D eigenvalue weighted by molar-refractivity contribution is -0.385. The third-order valence-electron chi connectivity index (χ3n) is 4.42. The lowest BCUT2D eigenvalue weighted by Crippen LogP contribution is -2.29. The number of hydrogen-bond donors (Lipinski definition) is 0. The molecule has 1 saturated heterocycles. The van der Waals surface area contributed by atoms with E-state index in [-0.39, 0.29) is 30.2 Å². The van der Waals surface area contributed by atoms with E-state index in [1.165, 1.54) is 19.2 Å². The van der Waals surface area contributed by atoms with Crippen molar-refractivity contribution in [3.63, 3.8) is 0 Å². The highest BCUT2D eigenvalue weighted by molar-refractivity contribution is 7.89. The minimum absolute atomic E-state index is 0.192. The zero-order valence-corrected chi connectivity index (χ0v) is 16.1. The number of sulfonamides is 1. The first-order chi connectivity index (χ1) is 13.7. The van der Waals surface area contributed by atoms with Crippen LogP contribution in [0.5, 0.6) is 11.5 Å². The van der Waals surface area contributed by atoms with Crippen LogP contribution in [0.25, 0.3) is 0 Å². The molecule has 1 heterocycles. The highest BCUT2D eigenvalue weighted by Crippen LogP contribution is 2.32. The molecule has 29 heavy (non-hydrogen) atoms. The van der Waals surface area contributed by atoms with Crippen molar-refractivity contribution in [2.75, 3.05) is 20.2 Å². The molecular weight excluding hydrogens is 407 g/mol. The molecule has 11 heteroatoms. The smallest absolute Gasteiger partial charge is 0.343 e. The van der Waals surface area contributed by atoms with Crippen molar-refractivity contribution in [2.45, 2.75) is 17.7 Å². The van der Waals surface area contributed by atoms with E-state index in [9.17, 15) is 27.7 Å². The van der Waals surface area contributed by atoms with Gasteiger partial charge in [-0.25, -0.2) is 17.6 Å². The summed E-state index contributed by atoms with van der Waals surface area (Å²) in [5, 5.41) is 11.2. The van der Waals surface area contributed by atoms with Crippen LogP contribution in [-0.4, -0.2) is 43.8 Å². The van der Waals surface area contributed by atoms with E-state index in [1.54, 1.807) is 0 Å². The van der Waals surface area contributed by atoms with Gasteiger partial charge in [0.05, 0.1) is 23.7 Å². The fourth-order valence-corrected chi connectivity index (χ4v) is 4.51. The van der Waals surface area contributed by atoms with Crippen LogP contribution in [0.3, 0.4) is 0 Å². The summed E-state index contributed by atoms with van der Waals surface area (Å²) in [6.45, 7) is 0.545. The average Bonchev–Trinajstić information content (AvgIpc) is 3.24. The van der Waals surface area contributed by atoms with Crippen molar-refractivity contribution < 1.29 is 32.0 Å². The van der Waals surface area contributed by atoms with Crippen LogP contribution in [0.2, 0.25) is 0 Å². The van der Waals surface area contributed by atoms with Gasteiger partial charge in [0.15, 0.2) is 0 Å². The zero-order valence-electron chi connectivity index (χ0n) is 15.3. The Labute approximate surface area is 165 Å². The minimum atomic E-state index is -4.10. The Bertz CT molecular complexity index is 1070. The molecule has 0 spiro atoms. The van der Waals surface area contributed by atoms with Crippen LogP contribution < -0.4 is 9.47 Å². The van der Waals surface area contributed by atoms with Crippen molar-refractivity contribution in [1.82, 2.24) is 4.31 Å². The Morgan fingerprint density at radius 3 is 2.48 bits per heavy atom. The second kappa shape index (κ2) is 8.13. The van der Waals surface area contributed by atoms with Gasteiger partial charge < -0.3 is 9.47 Å². The molecule has 0 amide bonds. The van der Waals surface area contributed by atoms with Gasteiger partial charge in [-0.1, -0.05) is 0 Å². The van der Waals surface area contributed by atoms with E-state index < -0.39 is 37.3 Å². The monoisotopic (exact) mass is 424 g/mol. The maximum atomic E-state index is 14.2. The molecule has 0 atom stereocenters. The van der Waals surface area contributed by atoms with Gasteiger partial charge in [-0.05, 0) is 43.2 Å². The first-order valence-corrected chi connectivity index (χ1v) is 10.0. The van der Waals surface area contributed by atoms with Crippen molar-refractivity contribution in [2.24, 2.45) is 0 Å². The number of carbonyl (C=O) groups excluding carboxylic acids is 1. The molecule has 0 N–H and O–H groups in total. The first-order valence-electron chi connectivity index (χ1n) is 8.58. The van der Waals surface area contributed by atoms with Gasteiger partial charge in [-0.2, -0.15) is 4.31 Å². The summed E-state index contributed by atoms with van der Waals surface area (Å²) in [6.07, 6.45) is 1.34. The Morgan fingerprint density at radius 2 is 1.86 bits per heavy atom. The summed E-state index contributed by atoms with van der Waals surface area (Å²) in [4.78, 5) is 22.3. The Balaban J connectivity index is 1.92. The fourth-order valence-electron chi connectivity index (χ4n) is 2.91. The van der Waals surface area contributed by atoms with Crippen LogP contribution >= 0.6 is 0 Å². The van der Waals surface area contributed by atoms with Crippen LogP contribution in [0.15, 0.2) is 41.3 Å². The molecule has 0 saturated carbocycles. The molecule has 2 aromatic rings. The van der Waals surface area contributed by atoms with E-state index >= 15 is 0 Å². The normalized spacial score (nSPS) is 14.6. The summed E-state index contributed by atoms with van der Waals surface area (Å²) in [7, 11) is -2.78. The number of rotatable bonds is 6. The maximum absolute atomic E-state index is 14.2. The number of methoxy groups -OCH3 is 1. The Hall–Kier alpha value is -3.05. The van der Waals surface area contributed by atoms with Crippen molar-refractivity contribution >= 4 is 21.7 Å². The number of halogens is 1. The highest BCUT2D eigenvalue weighted by atomic mass is 32.2. The zero-order chi connectivity index (χ0) is 21.2. The lowest BCUT2D eigenvalue weighted by Gasteiger charge is -2.16. The van der Waals surface area contributed by atoms with Crippen molar-refractivity contribution in [1.29, 1.82) is 0 Å². The molecule has 0 aliphatic carbocycles. The number of ether oxygens (including phenoxy) is 2. The molecule has 1 fully saturated rings. The third kappa shape index (κ3) is 4.20. The molecule has 0 unspecified atom stereocenters. The van der Waals surface area contributed by atoms with Gasteiger partial charge in [0.1, 0.15) is 16.5 Å². The number of nitrogens with zero attached hydrogens (tertiary/aromatic N) is 2. The summed E-state index contributed by atoms with van der Waals surface area (Å²) in [6, 6.07) is 6.40. The van der Waals surface area contributed by atoms with Gasteiger partial charge >= 0.3 is 11.7 Å². The molecule has 2 aromatic carbocycles.